The number of aromatic nitrogens is 2. The second-order valence-corrected chi connectivity index (χ2v) is 7.04. The van der Waals surface area contributed by atoms with Gasteiger partial charge in [0.05, 0.1) is 10.6 Å². The predicted molar refractivity (Wildman–Crippen MR) is 67.9 cm³/mol. The molecular formula is C9H9BrF2N3Na2O6P. The summed E-state index contributed by atoms with van der Waals surface area (Å²) in [4.78, 5) is 36.3. The molecule has 2 heterocycles. The minimum Gasteiger partial charge on any atom is -0.811 e. The fourth-order valence-corrected chi connectivity index (χ4v) is 3.00. The Bertz CT molecular complexity index is 704. The molecular weight excluding hydrogens is 441 g/mol. The molecule has 1 saturated heterocycles. The number of aliphatic hydroxyl groups excluding tert-OH is 1. The molecule has 1 aliphatic rings. The van der Waals surface area contributed by atoms with E-state index in [1.165, 1.54) is 0 Å². The summed E-state index contributed by atoms with van der Waals surface area (Å²) in [5, 5.41) is 9.48. The van der Waals surface area contributed by atoms with Crippen LogP contribution in [-0.2, 0) is 9.30 Å². The number of alkyl halides is 2. The van der Waals surface area contributed by atoms with E-state index < -0.39 is 43.8 Å². The first-order valence-corrected chi connectivity index (χ1v) is 8.22. The zero-order valence-corrected chi connectivity index (χ0v) is 19.0. The summed E-state index contributed by atoms with van der Waals surface area (Å²) in [5.41, 5.74) is 4.14. The van der Waals surface area contributed by atoms with E-state index in [-0.39, 0.29) is 69.4 Å². The van der Waals surface area contributed by atoms with Gasteiger partial charge < -0.3 is 29.9 Å². The monoisotopic (exact) mass is 449 g/mol. The predicted octanol–water partition coefficient (Wildman–Crippen LogP) is -7.60. The van der Waals surface area contributed by atoms with Crippen molar-refractivity contribution >= 4 is 29.3 Å². The van der Waals surface area contributed by atoms with Crippen molar-refractivity contribution in [3.05, 3.63) is 21.2 Å². The van der Waals surface area contributed by atoms with Crippen LogP contribution in [0.4, 0.5) is 14.6 Å². The molecule has 0 aliphatic carbocycles. The number of aliphatic hydroxyl groups is 1. The van der Waals surface area contributed by atoms with Crippen LogP contribution in [0.15, 0.2) is 15.5 Å². The Morgan fingerprint density at radius 1 is 1.50 bits per heavy atom. The van der Waals surface area contributed by atoms with Crippen molar-refractivity contribution in [2.45, 2.75) is 24.4 Å². The van der Waals surface area contributed by atoms with E-state index in [9.17, 15) is 33.0 Å². The van der Waals surface area contributed by atoms with Crippen LogP contribution in [0.5, 0.6) is 0 Å². The summed E-state index contributed by atoms with van der Waals surface area (Å²) in [5.74, 6) is -4.26. The van der Waals surface area contributed by atoms with Crippen LogP contribution in [0, 0.1) is 0 Å². The molecule has 0 aromatic carbocycles. The number of hydrogen-bond donors (Lipinski definition) is 2. The van der Waals surface area contributed by atoms with Gasteiger partial charge in [-0.25, -0.2) is 4.79 Å². The van der Waals surface area contributed by atoms with Crippen LogP contribution in [0.3, 0.4) is 0 Å². The first-order chi connectivity index (χ1) is 9.93. The third-order valence-corrected chi connectivity index (χ3v) is 4.39. The average molecular weight is 450 g/mol. The van der Waals surface area contributed by atoms with Crippen LogP contribution in [0.25, 0.3) is 0 Å². The van der Waals surface area contributed by atoms with Gasteiger partial charge in [-0.1, -0.05) is 7.60 Å². The molecule has 124 valence electrons. The Balaban J connectivity index is 0.00000264. The van der Waals surface area contributed by atoms with E-state index in [1.807, 2.05) is 0 Å². The standard InChI is InChI=1S/C9H11BrF2N3O6P.2Na/c10-3-1-15(8(17)14-6(3)13)7-9(11,12)5(16)4(21-7)2-22(18,19)20;;/h1,4-5,7,16H,2H2,(H2,13,14,17)(H2,18,19,20);;/q;2*+1/p-2/t4-,5-,7-;;/m1../s1. The molecule has 15 heteroatoms. The van der Waals surface area contributed by atoms with Crippen molar-refractivity contribution in [2.24, 2.45) is 0 Å². The number of ether oxygens (including phenoxy) is 1. The maximum Gasteiger partial charge on any atom is 1.00 e. The maximum absolute atomic E-state index is 14.0. The van der Waals surface area contributed by atoms with E-state index in [0.717, 1.165) is 6.20 Å². The third kappa shape index (κ3) is 5.30. The van der Waals surface area contributed by atoms with E-state index in [4.69, 9.17) is 10.5 Å². The Labute approximate surface area is 186 Å². The van der Waals surface area contributed by atoms with Crippen LogP contribution < -0.4 is 80.3 Å². The summed E-state index contributed by atoms with van der Waals surface area (Å²) < 4.78 is 43.8. The minimum atomic E-state index is -5.21. The fourth-order valence-electron chi connectivity index (χ4n) is 1.96. The maximum atomic E-state index is 14.0. The van der Waals surface area contributed by atoms with Gasteiger partial charge >= 0.3 is 70.7 Å². The second-order valence-electron chi connectivity index (χ2n) is 4.60. The van der Waals surface area contributed by atoms with E-state index in [2.05, 4.69) is 20.9 Å². The van der Waals surface area contributed by atoms with Crippen molar-refractivity contribution in [1.29, 1.82) is 0 Å². The first-order valence-electron chi connectivity index (χ1n) is 5.70. The number of anilines is 1. The molecule has 24 heavy (non-hydrogen) atoms. The number of nitrogens with two attached hydrogens (primary N) is 1. The molecule has 1 aliphatic heterocycles. The number of nitrogen functional groups attached to an aromatic ring is 1. The normalized spacial score (nSPS) is 25.7. The van der Waals surface area contributed by atoms with Gasteiger partial charge in [-0.15, -0.1) is 0 Å². The molecule has 1 aromatic rings. The second kappa shape index (κ2) is 8.85. The molecule has 0 unspecified atom stereocenters. The molecule has 0 radical (unpaired) electrons. The quantitative estimate of drug-likeness (QED) is 0.340. The fraction of sp³-hybridized carbons (Fsp3) is 0.556. The number of hydrogen-bond acceptors (Lipinski definition) is 8. The van der Waals surface area contributed by atoms with Gasteiger partial charge in [0.25, 0.3) is 0 Å². The van der Waals surface area contributed by atoms with Gasteiger partial charge in [0.1, 0.15) is 11.9 Å². The smallest absolute Gasteiger partial charge is 0.811 e. The van der Waals surface area contributed by atoms with Gasteiger partial charge in [-0.2, -0.15) is 13.8 Å². The SMILES string of the molecule is Nc1nc(=O)n([C@@H]2O[C@H](CP(=O)([O-])[O-])[C@@H](O)C2(F)F)cc1Br.[Na+].[Na+]. The van der Waals surface area contributed by atoms with E-state index in [1.54, 1.807) is 0 Å². The Morgan fingerprint density at radius 2 is 2.04 bits per heavy atom. The van der Waals surface area contributed by atoms with E-state index >= 15 is 0 Å². The Kier molecular flexibility index (Phi) is 9.25. The topological polar surface area (TPSA) is 154 Å². The molecule has 0 amide bonds. The largest absolute Gasteiger partial charge is 1.00 e. The molecule has 0 bridgehead atoms. The van der Waals surface area contributed by atoms with Gasteiger partial charge in [0.2, 0.25) is 6.23 Å². The molecule has 1 aromatic heterocycles. The van der Waals surface area contributed by atoms with Crippen molar-refractivity contribution in [3.8, 4) is 0 Å². The summed E-state index contributed by atoms with van der Waals surface area (Å²) in [6.45, 7) is 0. The van der Waals surface area contributed by atoms with Crippen LogP contribution in [-0.4, -0.2) is 38.9 Å². The molecule has 0 spiro atoms. The summed E-state index contributed by atoms with van der Waals surface area (Å²) in [7, 11) is -5.21. The van der Waals surface area contributed by atoms with Crippen LogP contribution >= 0.6 is 23.5 Å². The number of nitrogens with zero attached hydrogens (tertiary/aromatic N) is 2. The average Bonchev–Trinajstić information content (AvgIpc) is 2.56. The van der Waals surface area contributed by atoms with Crippen molar-refractivity contribution in [3.63, 3.8) is 0 Å². The van der Waals surface area contributed by atoms with Gasteiger partial charge in [0.15, 0.2) is 0 Å². The Hall–Kier alpha value is 1.09. The summed E-state index contributed by atoms with van der Waals surface area (Å²) >= 11 is 2.89. The minimum absolute atomic E-state index is 0. The zero-order valence-electron chi connectivity index (χ0n) is 12.6. The molecule has 2 rings (SSSR count). The molecule has 9 nitrogen and oxygen atoms in total. The zero-order chi connectivity index (χ0) is 16.9. The Morgan fingerprint density at radius 3 is 2.54 bits per heavy atom. The van der Waals surface area contributed by atoms with Crippen molar-refractivity contribution in [2.75, 3.05) is 11.9 Å². The third-order valence-electron chi connectivity index (χ3n) is 2.97. The molecule has 3 atom stereocenters. The summed E-state index contributed by atoms with van der Waals surface area (Å²) in [6, 6.07) is 0. The first kappa shape index (κ1) is 25.1. The van der Waals surface area contributed by atoms with E-state index in [0.29, 0.717) is 4.57 Å². The number of halogens is 3. The number of rotatable bonds is 3. The van der Waals surface area contributed by atoms with Gasteiger partial charge in [-0.3, -0.25) is 4.57 Å². The molecule has 0 saturated carbocycles. The molecule has 3 N–H and O–H groups in total. The van der Waals surface area contributed by atoms with Crippen molar-refractivity contribution in [1.82, 2.24) is 9.55 Å². The van der Waals surface area contributed by atoms with Crippen LogP contribution in [0.1, 0.15) is 6.23 Å². The van der Waals surface area contributed by atoms with Crippen molar-refractivity contribution < 1.29 is 92.1 Å². The van der Waals surface area contributed by atoms with Crippen LogP contribution in [0.2, 0.25) is 0 Å². The summed E-state index contributed by atoms with van der Waals surface area (Å²) in [6.07, 6.45) is -7.33. The van der Waals surface area contributed by atoms with Gasteiger partial charge in [0, 0.05) is 12.4 Å². The van der Waals surface area contributed by atoms with Gasteiger partial charge in [-0.05, 0) is 15.9 Å². The molecule has 1 fully saturated rings.